The van der Waals surface area contributed by atoms with Crippen molar-refractivity contribution in [1.82, 2.24) is 5.32 Å². The van der Waals surface area contributed by atoms with Crippen molar-refractivity contribution in [3.63, 3.8) is 0 Å². The summed E-state index contributed by atoms with van der Waals surface area (Å²) < 4.78 is 0. The van der Waals surface area contributed by atoms with Crippen LogP contribution in [0.2, 0.25) is 0 Å². The van der Waals surface area contributed by atoms with Crippen molar-refractivity contribution in [2.75, 3.05) is 6.73 Å². The molecule has 0 aromatic heterocycles. The average Bonchev–Trinajstić information content (AvgIpc) is 2.06. The maximum absolute atomic E-state index is 11.0. The quantitative estimate of drug-likeness (QED) is 0.546. The number of amides is 1. The summed E-state index contributed by atoms with van der Waals surface area (Å²) in [6.07, 6.45) is 0. The number of aliphatic hydroxyl groups excluding tert-OH is 1. The Morgan fingerprint density at radius 1 is 1.33 bits per heavy atom. The van der Waals surface area contributed by atoms with Crippen LogP contribution in [0, 0.1) is 0 Å². The summed E-state index contributed by atoms with van der Waals surface area (Å²) in [5.41, 5.74) is 0.404. The van der Waals surface area contributed by atoms with E-state index < -0.39 is 0 Å². The fourth-order valence-corrected chi connectivity index (χ4v) is 0.787. The molecular weight excluding hydrogens is 158 g/mol. The van der Waals surface area contributed by atoms with Crippen LogP contribution in [0.3, 0.4) is 0 Å². The van der Waals surface area contributed by atoms with Crippen molar-refractivity contribution in [3.8, 4) is 5.75 Å². The van der Waals surface area contributed by atoms with E-state index in [-0.39, 0.29) is 18.4 Å². The lowest BCUT2D eigenvalue weighted by atomic mass is 10.2. The van der Waals surface area contributed by atoms with E-state index in [4.69, 9.17) is 10.2 Å². The van der Waals surface area contributed by atoms with Crippen LogP contribution in [0.5, 0.6) is 5.75 Å². The summed E-state index contributed by atoms with van der Waals surface area (Å²) >= 11 is 0. The zero-order valence-corrected chi connectivity index (χ0v) is 6.32. The Morgan fingerprint density at radius 2 is 1.92 bits per heavy atom. The third-order valence-electron chi connectivity index (χ3n) is 1.37. The Bertz CT molecular complexity index is 268. The molecule has 1 amide bonds. The van der Waals surface area contributed by atoms with Crippen molar-refractivity contribution < 1.29 is 15.0 Å². The van der Waals surface area contributed by atoms with E-state index in [2.05, 4.69) is 5.32 Å². The summed E-state index contributed by atoms with van der Waals surface area (Å²) in [6.45, 7) is -0.389. The summed E-state index contributed by atoms with van der Waals surface area (Å²) in [7, 11) is 0. The molecule has 0 aliphatic carbocycles. The molecule has 0 aliphatic heterocycles. The predicted octanol–water partition coefficient (Wildman–Crippen LogP) is 0.0718. The van der Waals surface area contributed by atoms with E-state index in [1.165, 1.54) is 24.3 Å². The molecule has 0 unspecified atom stereocenters. The molecule has 64 valence electrons. The predicted molar refractivity (Wildman–Crippen MR) is 42.7 cm³/mol. The van der Waals surface area contributed by atoms with Gasteiger partial charge in [0.1, 0.15) is 12.5 Å². The first-order valence-electron chi connectivity index (χ1n) is 3.42. The second kappa shape index (κ2) is 3.73. The smallest absolute Gasteiger partial charge is 0.253 e. The van der Waals surface area contributed by atoms with Gasteiger partial charge in [-0.25, -0.2) is 0 Å². The molecule has 4 nitrogen and oxygen atoms in total. The summed E-state index contributed by atoms with van der Waals surface area (Å²) in [4.78, 5) is 11.0. The van der Waals surface area contributed by atoms with Gasteiger partial charge in [0.15, 0.2) is 0 Å². The van der Waals surface area contributed by atoms with Crippen molar-refractivity contribution in [3.05, 3.63) is 29.8 Å². The average molecular weight is 167 g/mol. The highest BCUT2D eigenvalue weighted by Gasteiger charge is 2.02. The second-order valence-corrected chi connectivity index (χ2v) is 2.21. The molecule has 0 bridgehead atoms. The van der Waals surface area contributed by atoms with Crippen LogP contribution in [0.1, 0.15) is 10.4 Å². The fourth-order valence-electron chi connectivity index (χ4n) is 0.787. The van der Waals surface area contributed by atoms with E-state index in [0.29, 0.717) is 5.56 Å². The first-order valence-corrected chi connectivity index (χ1v) is 3.42. The zero-order valence-electron chi connectivity index (χ0n) is 6.32. The number of rotatable bonds is 2. The maximum atomic E-state index is 11.0. The van der Waals surface area contributed by atoms with Crippen molar-refractivity contribution in [2.24, 2.45) is 0 Å². The number of nitrogens with one attached hydrogen (secondary N) is 1. The highest BCUT2D eigenvalue weighted by molar-refractivity contribution is 5.94. The van der Waals surface area contributed by atoms with Gasteiger partial charge in [0.05, 0.1) is 0 Å². The minimum atomic E-state index is -0.389. The number of aliphatic hydroxyl groups is 1. The first-order chi connectivity index (χ1) is 5.74. The fraction of sp³-hybridized carbons (Fsp3) is 0.125. The van der Waals surface area contributed by atoms with Crippen LogP contribution in [0.15, 0.2) is 24.3 Å². The molecular formula is C8H9NO3. The van der Waals surface area contributed by atoms with Crippen molar-refractivity contribution in [1.29, 1.82) is 0 Å². The van der Waals surface area contributed by atoms with Crippen LogP contribution in [-0.2, 0) is 0 Å². The van der Waals surface area contributed by atoms with Gasteiger partial charge >= 0.3 is 0 Å². The zero-order chi connectivity index (χ0) is 8.97. The number of hydrogen-bond acceptors (Lipinski definition) is 3. The summed E-state index contributed by atoms with van der Waals surface area (Å²) in [5.74, 6) is -0.256. The topological polar surface area (TPSA) is 69.6 Å². The molecule has 0 fully saturated rings. The Morgan fingerprint density at radius 3 is 2.42 bits per heavy atom. The van der Waals surface area contributed by atoms with Crippen LogP contribution >= 0.6 is 0 Å². The van der Waals surface area contributed by atoms with E-state index >= 15 is 0 Å². The lowest BCUT2D eigenvalue weighted by Gasteiger charge is -2.00. The summed E-state index contributed by atoms with van der Waals surface area (Å²) in [5, 5.41) is 19.5. The second-order valence-electron chi connectivity index (χ2n) is 2.21. The first kappa shape index (κ1) is 8.55. The Hall–Kier alpha value is -1.55. The molecule has 12 heavy (non-hydrogen) atoms. The van der Waals surface area contributed by atoms with Gasteiger partial charge in [-0.15, -0.1) is 0 Å². The third-order valence-corrected chi connectivity index (χ3v) is 1.37. The van der Waals surface area contributed by atoms with E-state index in [1.54, 1.807) is 0 Å². The molecule has 1 aromatic carbocycles. The number of carbonyl (C=O) groups excluding carboxylic acids is 1. The molecule has 0 saturated heterocycles. The molecule has 0 spiro atoms. The number of aromatic hydroxyl groups is 1. The minimum absolute atomic E-state index is 0.107. The largest absolute Gasteiger partial charge is 0.508 e. The lowest BCUT2D eigenvalue weighted by molar-refractivity contribution is 0.0910. The number of phenols is 1. The normalized spacial score (nSPS) is 9.42. The molecule has 0 radical (unpaired) electrons. The van der Waals surface area contributed by atoms with Gasteiger partial charge in [-0.05, 0) is 24.3 Å². The highest BCUT2D eigenvalue weighted by atomic mass is 16.3. The molecule has 0 aliphatic rings. The number of hydrogen-bond donors (Lipinski definition) is 3. The number of carbonyl (C=O) groups is 1. The Labute approximate surface area is 69.5 Å². The van der Waals surface area contributed by atoms with Gasteiger partial charge in [-0.3, -0.25) is 4.79 Å². The van der Waals surface area contributed by atoms with Crippen molar-refractivity contribution in [2.45, 2.75) is 0 Å². The molecule has 1 rings (SSSR count). The van der Waals surface area contributed by atoms with E-state index in [0.717, 1.165) is 0 Å². The Balaban J connectivity index is 2.75. The van der Waals surface area contributed by atoms with Gasteiger partial charge < -0.3 is 15.5 Å². The lowest BCUT2D eigenvalue weighted by Crippen LogP contribution is -2.23. The maximum Gasteiger partial charge on any atom is 0.253 e. The van der Waals surface area contributed by atoms with Gasteiger partial charge in [0.25, 0.3) is 5.91 Å². The number of phenolic OH excluding ortho intramolecular Hbond substituents is 1. The minimum Gasteiger partial charge on any atom is -0.508 e. The van der Waals surface area contributed by atoms with Crippen molar-refractivity contribution >= 4 is 5.91 Å². The molecule has 3 N–H and O–H groups in total. The molecule has 0 atom stereocenters. The summed E-state index contributed by atoms with van der Waals surface area (Å²) in [6, 6.07) is 5.76. The molecule has 1 aromatic rings. The SMILES string of the molecule is O=C(NCO)c1ccc(O)cc1. The standard InChI is InChI=1S/C8H9NO3/c10-5-9-8(12)6-1-3-7(11)4-2-6/h1-4,10-11H,5H2,(H,9,12). The van der Waals surface area contributed by atoms with Gasteiger partial charge in [-0.2, -0.15) is 0 Å². The monoisotopic (exact) mass is 167 g/mol. The molecule has 0 saturated carbocycles. The van der Waals surface area contributed by atoms with Gasteiger partial charge in [0, 0.05) is 5.56 Å². The molecule has 0 heterocycles. The number of benzene rings is 1. The van der Waals surface area contributed by atoms with Gasteiger partial charge in [0.2, 0.25) is 0 Å². The van der Waals surface area contributed by atoms with Gasteiger partial charge in [-0.1, -0.05) is 0 Å². The molecule has 4 heteroatoms. The van der Waals surface area contributed by atoms with Crippen LogP contribution in [0.25, 0.3) is 0 Å². The highest BCUT2D eigenvalue weighted by Crippen LogP contribution is 2.08. The third kappa shape index (κ3) is 1.96. The van der Waals surface area contributed by atoms with Crippen LogP contribution in [0.4, 0.5) is 0 Å². The van der Waals surface area contributed by atoms with Crippen LogP contribution < -0.4 is 5.32 Å². The van der Waals surface area contributed by atoms with E-state index in [1.807, 2.05) is 0 Å². The van der Waals surface area contributed by atoms with Crippen LogP contribution in [-0.4, -0.2) is 22.9 Å². The Kier molecular flexibility index (Phi) is 2.66. The van der Waals surface area contributed by atoms with E-state index in [9.17, 15) is 4.79 Å².